The van der Waals surface area contributed by atoms with Gasteiger partial charge in [0.25, 0.3) is 5.91 Å². The third-order valence-electron chi connectivity index (χ3n) is 5.65. The predicted octanol–water partition coefficient (Wildman–Crippen LogP) is 5.32. The molecule has 1 aromatic carbocycles. The molecular weight excluding hydrogens is 472 g/mol. The van der Waals surface area contributed by atoms with Crippen LogP contribution in [0.1, 0.15) is 29.6 Å². The third-order valence-corrected chi connectivity index (χ3v) is 6.18. The third kappa shape index (κ3) is 3.84. The van der Waals surface area contributed by atoms with E-state index in [1.807, 2.05) is 44.2 Å². The van der Waals surface area contributed by atoms with Crippen LogP contribution in [-0.2, 0) is 20.9 Å². The SMILES string of the molecule is COC(=O)C1=C(C)N(Cc2ccco2)C(=O)/C1=C/c1cc(C)n(-c2ccc(Br)cc2)c1C. The van der Waals surface area contributed by atoms with Crippen LogP contribution in [0.2, 0.25) is 0 Å². The molecule has 164 valence electrons. The van der Waals surface area contributed by atoms with Gasteiger partial charge in [-0.1, -0.05) is 15.9 Å². The Labute approximate surface area is 194 Å². The fraction of sp³-hybridized carbons (Fsp3) is 0.200. The van der Waals surface area contributed by atoms with E-state index in [0.717, 1.165) is 27.1 Å². The van der Waals surface area contributed by atoms with Crippen molar-refractivity contribution in [1.29, 1.82) is 0 Å². The Morgan fingerprint density at radius 2 is 1.88 bits per heavy atom. The molecule has 2 aromatic heterocycles. The first-order valence-electron chi connectivity index (χ1n) is 10.1. The number of rotatable bonds is 5. The number of allylic oxidation sites excluding steroid dienone is 1. The summed E-state index contributed by atoms with van der Waals surface area (Å²) < 4.78 is 13.5. The quantitative estimate of drug-likeness (QED) is 0.355. The van der Waals surface area contributed by atoms with Crippen molar-refractivity contribution in [3.05, 3.63) is 92.8 Å². The number of furan rings is 1. The van der Waals surface area contributed by atoms with Gasteiger partial charge in [-0.15, -0.1) is 0 Å². The van der Waals surface area contributed by atoms with Crippen molar-refractivity contribution in [3.8, 4) is 5.69 Å². The van der Waals surface area contributed by atoms with E-state index in [2.05, 4.69) is 20.5 Å². The Bertz CT molecular complexity index is 1250. The van der Waals surface area contributed by atoms with E-state index in [1.54, 1.807) is 36.3 Å². The Hall–Kier alpha value is -3.32. The van der Waals surface area contributed by atoms with Gasteiger partial charge in [0.15, 0.2) is 0 Å². The van der Waals surface area contributed by atoms with Crippen molar-refractivity contribution in [1.82, 2.24) is 9.47 Å². The van der Waals surface area contributed by atoms with E-state index in [4.69, 9.17) is 9.15 Å². The number of nitrogens with zero attached hydrogens (tertiary/aromatic N) is 2. The van der Waals surface area contributed by atoms with E-state index in [0.29, 0.717) is 17.0 Å². The highest BCUT2D eigenvalue weighted by Crippen LogP contribution is 2.34. The smallest absolute Gasteiger partial charge is 0.340 e. The summed E-state index contributed by atoms with van der Waals surface area (Å²) in [5.41, 5.74) is 5.01. The summed E-state index contributed by atoms with van der Waals surface area (Å²) >= 11 is 3.47. The van der Waals surface area contributed by atoms with Crippen LogP contribution in [0.25, 0.3) is 11.8 Å². The molecule has 0 saturated heterocycles. The average Bonchev–Trinajstić information content (AvgIpc) is 3.44. The number of ether oxygens (including phenoxy) is 1. The molecule has 1 aliphatic rings. The van der Waals surface area contributed by atoms with Gasteiger partial charge in [-0.25, -0.2) is 4.79 Å². The van der Waals surface area contributed by atoms with Crippen LogP contribution in [0.3, 0.4) is 0 Å². The number of carbonyl (C=O) groups is 2. The maximum Gasteiger partial charge on any atom is 0.340 e. The molecule has 4 rings (SSSR count). The monoisotopic (exact) mass is 494 g/mol. The van der Waals surface area contributed by atoms with Crippen LogP contribution in [0.4, 0.5) is 0 Å². The minimum absolute atomic E-state index is 0.243. The number of methoxy groups -OCH3 is 1. The molecule has 0 unspecified atom stereocenters. The summed E-state index contributed by atoms with van der Waals surface area (Å²) in [6.45, 7) is 6.00. The van der Waals surface area contributed by atoms with E-state index >= 15 is 0 Å². The van der Waals surface area contributed by atoms with E-state index in [9.17, 15) is 9.59 Å². The lowest BCUT2D eigenvalue weighted by Crippen LogP contribution is -2.24. The van der Waals surface area contributed by atoms with Crippen molar-refractivity contribution >= 4 is 33.9 Å². The largest absolute Gasteiger partial charge is 0.467 e. The Morgan fingerprint density at radius 3 is 2.50 bits per heavy atom. The predicted molar refractivity (Wildman–Crippen MR) is 125 cm³/mol. The van der Waals surface area contributed by atoms with Gasteiger partial charge in [-0.05, 0) is 74.9 Å². The standard InChI is InChI=1S/C25H23BrN2O4/c1-15-12-18(16(2)28(15)20-9-7-19(26)8-10-20)13-22-23(25(30)31-4)17(3)27(24(22)29)14-21-6-5-11-32-21/h5-13H,14H2,1-4H3/b22-13+. The number of esters is 1. The van der Waals surface area contributed by atoms with Crippen molar-refractivity contribution in [2.45, 2.75) is 27.3 Å². The van der Waals surface area contributed by atoms with Gasteiger partial charge < -0.3 is 18.6 Å². The lowest BCUT2D eigenvalue weighted by molar-refractivity contribution is -0.136. The average molecular weight is 495 g/mol. The van der Waals surface area contributed by atoms with Crippen molar-refractivity contribution in [2.75, 3.05) is 7.11 Å². The van der Waals surface area contributed by atoms with Crippen LogP contribution in [0, 0.1) is 13.8 Å². The first kappa shape index (κ1) is 21.9. The van der Waals surface area contributed by atoms with Gasteiger partial charge in [0.05, 0.1) is 31.1 Å². The molecule has 0 spiro atoms. The van der Waals surface area contributed by atoms with Gasteiger partial charge >= 0.3 is 5.97 Å². The minimum atomic E-state index is -0.536. The van der Waals surface area contributed by atoms with E-state index < -0.39 is 5.97 Å². The summed E-state index contributed by atoms with van der Waals surface area (Å²) in [5.74, 6) is -0.157. The van der Waals surface area contributed by atoms with Gasteiger partial charge in [-0.2, -0.15) is 0 Å². The molecule has 3 heterocycles. The minimum Gasteiger partial charge on any atom is -0.467 e. The van der Waals surface area contributed by atoms with Crippen LogP contribution >= 0.6 is 15.9 Å². The van der Waals surface area contributed by atoms with Gasteiger partial charge in [0.1, 0.15) is 5.76 Å². The number of hydrogen-bond acceptors (Lipinski definition) is 4. The first-order chi connectivity index (χ1) is 15.3. The van der Waals surface area contributed by atoms with Crippen molar-refractivity contribution in [2.24, 2.45) is 0 Å². The van der Waals surface area contributed by atoms with E-state index in [-0.39, 0.29) is 18.0 Å². The number of halogens is 1. The maximum atomic E-state index is 13.3. The van der Waals surface area contributed by atoms with Crippen LogP contribution < -0.4 is 0 Å². The number of aromatic nitrogens is 1. The van der Waals surface area contributed by atoms with Crippen molar-refractivity contribution in [3.63, 3.8) is 0 Å². The van der Waals surface area contributed by atoms with Gasteiger partial charge in [0.2, 0.25) is 0 Å². The lowest BCUT2D eigenvalue weighted by atomic mass is 10.0. The normalized spacial score (nSPS) is 15.2. The molecule has 0 atom stereocenters. The van der Waals surface area contributed by atoms with Crippen molar-refractivity contribution < 1.29 is 18.7 Å². The topological polar surface area (TPSA) is 64.7 Å². The molecule has 1 aliphatic heterocycles. The van der Waals surface area contributed by atoms with E-state index in [1.165, 1.54) is 7.11 Å². The first-order valence-corrected chi connectivity index (χ1v) is 10.9. The lowest BCUT2D eigenvalue weighted by Gasteiger charge is -2.16. The molecule has 7 heteroatoms. The van der Waals surface area contributed by atoms with Gasteiger partial charge in [0, 0.05) is 27.2 Å². The molecule has 32 heavy (non-hydrogen) atoms. The summed E-state index contributed by atoms with van der Waals surface area (Å²) in [6.07, 6.45) is 3.34. The highest BCUT2D eigenvalue weighted by Gasteiger charge is 2.37. The molecular formula is C25H23BrN2O4. The second-order valence-electron chi connectivity index (χ2n) is 7.62. The van der Waals surface area contributed by atoms with Crippen LogP contribution in [0.5, 0.6) is 0 Å². The molecule has 0 bridgehead atoms. The zero-order valence-corrected chi connectivity index (χ0v) is 19.9. The fourth-order valence-corrected chi connectivity index (χ4v) is 4.32. The fourth-order valence-electron chi connectivity index (χ4n) is 4.05. The maximum absolute atomic E-state index is 13.3. The summed E-state index contributed by atoms with van der Waals surface area (Å²) in [4.78, 5) is 27.5. The second-order valence-corrected chi connectivity index (χ2v) is 8.53. The zero-order valence-electron chi connectivity index (χ0n) is 18.3. The van der Waals surface area contributed by atoms with Crippen LogP contribution in [-0.4, -0.2) is 28.5 Å². The zero-order chi connectivity index (χ0) is 23.0. The molecule has 3 aromatic rings. The highest BCUT2D eigenvalue weighted by molar-refractivity contribution is 9.10. The number of benzene rings is 1. The molecule has 0 radical (unpaired) electrons. The second kappa shape index (κ2) is 8.67. The summed E-state index contributed by atoms with van der Waals surface area (Å²) in [5, 5.41) is 0. The number of aryl methyl sites for hydroxylation is 1. The molecule has 0 N–H and O–H groups in total. The molecule has 1 amide bonds. The van der Waals surface area contributed by atoms with Crippen LogP contribution in [0.15, 0.2) is 74.5 Å². The Morgan fingerprint density at radius 1 is 1.16 bits per heavy atom. The molecule has 0 fully saturated rings. The highest BCUT2D eigenvalue weighted by atomic mass is 79.9. The molecule has 6 nitrogen and oxygen atoms in total. The Kier molecular flexibility index (Phi) is 5.93. The van der Waals surface area contributed by atoms with Gasteiger partial charge in [-0.3, -0.25) is 4.79 Å². The number of carbonyl (C=O) groups excluding carboxylic acids is 2. The number of amides is 1. The number of hydrogen-bond donors (Lipinski definition) is 0. The summed E-state index contributed by atoms with van der Waals surface area (Å²) in [6, 6.07) is 13.6. The Balaban J connectivity index is 1.78. The molecule has 0 aliphatic carbocycles. The summed E-state index contributed by atoms with van der Waals surface area (Å²) in [7, 11) is 1.32. The molecule has 0 saturated carbocycles.